The summed E-state index contributed by atoms with van der Waals surface area (Å²) >= 11 is 10.4. The molecule has 98 valence electrons. The molecule has 0 fully saturated rings. The van der Waals surface area contributed by atoms with Gasteiger partial charge in [0.1, 0.15) is 10.5 Å². The molecule has 1 N–H and O–H groups in total. The molecule has 0 bridgehead atoms. The third-order valence-corrected chi connectivity index (χ3v) is 3.88. The molecule has 3 aromatic heterocycles. The first kappa shape index (κ1) is 12.8. The van der Waals surface area contributed by atoms with Gasteiger partial charge >= 0.3 is 0 Å². The highest BCUT2D eigenvalue weighted by Gasteiger charge is 2.16. The lowest BCUT2D eigenvalue weighted by molar-refractivity contribution is 0.633. The second-order valence-corrected chi connectivity index (χ2v) is 5.76. The van der Waals surface area contributed by atoms with Crippen LogP contribution in [-0.2, 0) is 6.54 Å². The van der Waals surface area contributed by atoms with E-state index in [2.05, 4.69) is 36.3 Å². The van der Waals surface area contributed by atoms with Crippen molar-refractivity contribution in [2.24, 2.45) is 0 Å². The minimum Gasteiger partial charge on any atom is -0.362 e. The third-order valence-electron chi connectivity index (χ3n) is 2.39. The van der Waals surface area contributed by atoms with Gasteiger partial charge < -0.3 is 5.32 Å². The minimum atomic E-state index is -0.432. The van der Waals surface area contributed by atoms with Crippen molar-refractivity contribution >= 4 is 50.2 Å². The first-order valence-electron chi connectivity index (χ1n) is 5.17. The van der Waals surface area contributed by atoms with Crippen LogP contribution in [-0.4, -0.2) is 19.6 Å². The molecular formula is C10H6BrClFN5S. The maximum atomic E-state index is 14.0. The lowest BCUT2D eigenvalue weighted by Gasteiger charge is -2.06. The van der Waals surface area contributed by atoms with Crippen LogP contribution < -0.4 is 5.32 Å². The Hall–Kier alpha value is -1.25. The fourth-order valence-corrected chi connectivity index (χ4v) is 2.72. The van der Waals surface area contributed by atoms with Gasteiger partial charge in [-0.15, -0.1) is 16.4 Å². The molecule has 3 rings (SSSR count). The molecule has 3 heterocycles. The van der Waals surface area contributed by atoms with Gasteiger partial charge in [-0.05, 0) is 27.5 Å². The molecule has 5 nitrogen and oxygen atoms in total. The van der Waals surface area contributed by atoms with Crippen molar-refractivity contribution in [2.45, 2.75) is 6.54 Å². The molecule has 0 aliphatic rings. The number of nitrogens with zero attached hydrogens (tertiary/aromatic N) is 4. The number of aromatic nitrogens is 4. The van der Waals surface area contributed by atoms with Crippen LogP contribution in [0.2, 0.25) is 5.28 Å². The zero-order chi connectivity index (χ0) is 13.4. The number of halogens is 3. The Morgan fingerprint density at radius 1 is 1.53 bits per heavy atom. The highest BCUT2D eigenvalue weighted by molar-refractivity contribution is 9.10. The van der Waals surface area contributed by atoms with Gasteiger partial charge in [0.15, 0.2) is 11.6 Å². The summed E-state index contributed by atoms with van der Waals surface area (Å²) in [4.78, 5) is 8.14. The molecule has 3 aromatic rings. The summed E-state index contributed by atoms with van der Waals surface area (Å²) in [5, 5.41) is 9.71. The maximum Gasteiger partial charge on any atom is 0.243 e. The van der Waals surface area contributed by atoms with Crippen LogP contribution in [0.1, 0.15) is 5.01 Å². The van der Waals surface area contributed by atoms with Gasteiger partial charge in [-0.25, -0.2) is 13.9 Å². The Labute approximate surface area is 124 Å². The molecule has 0 saturated carbocycles. The smallest absolute Gasteiger partial charge is 0.243 e. The summed E-state index contributed by atoms with van der Waals surface area (Å²) in [7, 11) is 0. The van der Waals surface area contributed by atoms with E-state index in [0.29, 0.717) is 16.8 Å². The van der Waals surface area contributed by atoms with Crippen LogP contribution in [0.25, 0.3) is 5.52 Å². The highest BCUT2D eigenvalue weighted by Crippen LogP contribution is 2.27. The SMILES string of the molecule is Fc1c(Br)cn2nc(Cl)nc(NCc3nccs3)c12. The quantitative estimate of drug-likeness (QED) is 0.776. The van der Waals surface area contributed by atoms with E-state index in [-0.39, 0.29) is 10.8 Å². The average Bonchev–Trinajstić information content (AvgIpc) is 2.96. The highest BCUT2D eigenvalue weighted by atomic mass is 79.9. The monoisotopic (exact) mass is 361 g/mol. The largest absolute Gasteiger partial charge is 0.362 e. The molecular weight excluding hydrogens is 357 g/mol. The number of nitrogens with one attached hydrogen (secondary N) is 1. The minimum absolute atomic E-state index is 0.0386. The van der Waals surface area contributed by atoms with Crippen molar-refractivity contribution in [3.05, 3.63) is 38.4 Å². The fourth-order valence-electron chi connectivity index (χ4n) is 1.61. The number of anilines is 1. The number of hydrogen-bond acceptors (Lipinski definition) is 5. The van der Waals surface area contributed by atoms with E-state index in [4.69, 9.17) is 11.6 Å². The molecule has 0 aliphatic carbocycles. The summed E-state index contributed by atoms with van der Waals surface area (Å²) in [6.07, 6.45) is 3.20. The van der Waals surface area contributed by atoms with Gasteiger partial charge in [-0.2, -0.15) is 4.98 Å². The van der Waals surface area contributed by atoms with Crippen LogP contribution >= 0.6 is 38.9 Å². The zero-order valence-corrected chi connectivity index (χ0v) is 12.4. The van der Waals surface area contributed by atoms with Gasteiger partial charge in [-0.3, -0.25) is 0 Å². The van der Waals surface area contributed by atoms with Gasteiger partial charge in [0.25, 0.3) is 0 Å². The van der Waals surface area contributed by atoms with Crippen molar-refractivity contribution in [1.82, 2.24) is 19.6 Å². The van der Waals surface area contributed by atoms with Crippen molar-refractivity contribution in [3.63, 3.8) is 0 Å². The Balaban J connectivity index is 2.01. The average molecular weight is 363 g/mol. The normalized spacial score (nSPS) is 11.1. The lowest BCUT2D eigenvalue weighted by Crippen LogP contribution is -2.05. The summed E-state index contributed by atoms with van der Waals surface area (Å²) in [5.74, 6) is -0.100. The summed E-state index contributed by atoms with van der Waals surface area (Å²) < 4.78 is 15.6. The van der Waals surface area contributed by atoms with Gasteiger partial charge in [0.05, 0.1) is 11.0 Å². The zero-order valence-electron chi connectivity index (χ0n) is 9.27. The lowest BCUT2D eigenvalue weighted by atomic mass is 10.4. The molecule has 0 unspecified atom stereocenters. The number of thiazole rings is 1. The molecule has 0 amide bonds. The van der Waals surface area contributed by atoms with Gasteiger partial charge in [0.2, 0.25) is 5.28 Å². The predicted octanol–water partition coefficient (Wildman–Crippen LogP) is 3.35. The predicted molar refractivity (Wildman–Crippen MR) is 75.1 cm³/mol. The van der Waals surface area contributed by atoms with Crippen molar-refractivity contribution in [1.29, 1.82) is 0 Å². The number of fused-ring (bicyclic) bond motifs is 1. The van der Waals surface area contributed by atoms with Gasteiger partial charge in [0, 0.05) is 17.8 Å². The second kappa shape index (κ2) is 5.03. The van der Waals surface area contributed by atoms with Crippen LogP contribution in [0, 0.1) is 5.82 Å². The van der Waals surface area contributed by atoms with Crippen LogP contribution in [0.5, 0.6) is 0 Å². The van der Waals surface area contributed by atoms with E-state index in [1.807, 2.05) is 5.38 Å². The second-order valence-electron chi connectivity index (χ2n) is 3.59. The van der Waals surface area contributed by atoms with Gasteiger partial charge in [-0.1, -0.05) is 0 Å². The molecule has 0 radical (unpaired) electrons. The van der Waals surface area contributed by atoms with E-state index < -0.39 is 5.82 Å². The topological polar surface area (TPSA) is 55.1 Å². The molecule has 0 aliphatic heterocycles. The Kier molecular flexibility index (Phi) is 3.38. The summed E-state index contributed by atoms with van der Waals surface area (Å²) in [5.41, 5.74) is 0.243. The fraction of sp³-hybridized carbons (Fsp3) is 0.100. The Bertz CT molecular complexity index is 729. The van der Waals surface area contributed by atoms with Crippen LogP contribution in [0.15, 0.2) is 22.2 Å². The maximum absolute atomic E-state index is 14.0. The Morgan fingerprint density at radius 3 is 3.11 bits per heavy atom. The molecule has 19 heavy (non-hydrogen) atoms. The number of rotatable bonds is 3. The third kappa shape index (κ3) is 2.43. The van der Waals surface area contributed by atoms with Crippen LogP contribution in [0.3, 0.4) is 0 Å². The van der Waals surface area contributed by atoms with E-state index >= 15 is 0 Å². The van der Waals surface area contributed by atoms with Crippen LogP contribution in [0.4, 0.5) is 10.2 Å². The van der Waals surface area contributed by atoms with E-state index in [9.17, 15) is 4.39 Å². The molecule has 9 heteroatoms. The molecule has 0 atom stereocenters. The van der Waals surface area contributed by atoms with Crippen molar-refractivity contribution in [2.75, 3.05) is 5.32 Å². The number of hydrogen-bond donors (Lipinski definition) is 1. The molecule has 0 saturated heterocycles. The van der Waals surface area contributed by atoms with Crippen molar-refractivity contribution in [3.8, 4) is 0 Å². The molecule has 0 aromatic carbocycles. The Morgan fingerprint density at radius 2 is 2.37 bits per heavy atom. The molecule has 0 spiro atoms. The van der Waals surface area contributed by atoms with Crippen molar-refractivity contribution < 1.29 is 4.39 Å². The summed E-state index contributed by atoms with van der Waals surface area (Å²) in [6.45, 7) is 0.447. The van der Waals surface area contributed by atoms with E-state index in [1.54, 1.807) is 6.20 Å². The first-order chi connectivity index (χ1) is 9.15. The first-order valence-corrected chi connectivity index (χ1v) is 7.22. The van der Waals surface area contributed by atoms with E-state index in [0.717, 1.165) is 5.01 Å². The van der Waals surface area contributed by atoms with E-state index in [1.165, 1.54) is 22.0 Å². The standard InChI is InChI=1S/C10H6BrClFN5S/c11-5-4-18-8(7(5)13)9(16-10(12)17-18)15-3-6-14-1-2-19-6/h1-2,4H,3H2,(H,15,16,17). The summed E-state index contributed by atoms with van der Waals surface area (Å²) in [6, 6.07) is 0.